The van der Waals surface area contributed by atoms with Crippen LogP contribution in [0.3, 0.4) is 0 Å². The minimum atomic E-state index is 0.0812. The fourth-order valence-corrected chi connectivity index (χ4v) is 3.78. The molecule has 0 bridgehead atoms. The quantitative estimate of drug-likeness (QED) is 0.860. The largest absolute Gasteiger partial charge is 0.493 e. The summed E-state index contributed by atoms with van der Waals surface area (Å²) in [5, 5.41) is 0. The molecule has 2 aliphatic rings. The highest BCUT2D eigenvalue weighted by atomic mass is 16.5. The molecule has 25 heavy (non-hydrogen) atoms. The second-order valence-electron chi connectivity index (χ2n) is 6.78. The fraction of sp³-hybridized carbons (Fsp3) is 0.381. The van der Waals surface area contributed by atoms with Gasteiger partial charge in [0.1, 0.15) is 5.75 Å². The Morgan fingerprint density at radius 3 is 2.60 bits per heavy atom. The van der Waals surface area contributed by atoms with Crippen molar-refractivity contribution in [1.82, 2.24) is 9.80 Å². The smallest absolute Gasteiger partial charge is 0.257 e. The molecule has 0 radical (unpaired) electrons. The summed E-state index contributed by atoms with van der Waals surface area (Å²) in [6.45, 7) is 6.20. The van der Waals surface area contributed by atoms with Crippen LogP contribution in [-0.4, -0.2) is 48.0 Å². The second kappa shape index (κ2) is 6.89. The summed E-state index contributed by atoms with van der Waals surface area (Å²) >= 11 is 0. The molecule has 4 nitrogen and oxygen atoms in total. The van der Waals surface area contributed by atoms with E-state index in [-0.39, 0.29) is 5.91 Å². The van der Waals surface area contributed by atoms with Crippen LogP contribution in [-0.2, 0) is 13.0 Å². The molecule has 2 aromatic rings. The molecule has 0 N–H and O–H groups in total. The first kappa shape index (κ1) is 16.2. The number of nitrogens with zero attached hydrogens (tertiary/aromatic N) is 2. The third-order valence-corrected chi connectivity index (χ3v) is 5.24. The minimum Gasteiger partial charge on any atom is -0.493 e. The van der Waals surface area contributed by atoms with Gasteiger partial charge < -0.3 is 9.64 Å². The molecule has 0 atom stereocenters. The molecule has 1 saturated heterocycles. The fourth-order valence-electron chi connectivity index (χ4n) is 3.78. The van der Waals surface area contributed by atoms with Crippen LogP contribution in [0.2, 0.25) is 0 Å². The number of hydrogen-bond acceptors (Lipinski definition) is 3. The summed E-state index contributed by atoms with van der Waals surface area (Å²) in [4.78, 5) is 17.2. The van der Waals surface area contributed by atoms with Crippen molar-refractivity contribution in [2.24, 2.45) is 0 Å². The summed E-state index contributed by atoms with van der Waals surface area (Å²) < 4.78 is 5.60. The van der Waals surface area contributed by atoms with Gasteiger partial charge in [0, 0.05) is 32.2 Å². The van der Waals surface area contributed by atoms with Crippen LogP contribution >= 0.6 is 0 Å². The zero-order chi connectivity index (χ0) is 17.2. The van der Waals surface area contributed by atoms with Crippen LogP contribution < -0.4 is 4.74 Å². The van der Waals surface area contributed by atoms with E-state index in [1.807, 2.05) is 36.1 Å². The maximum absolute atomic E-state index is 12.8. The molecule has 0 unspecified atom stereocenters. The third-order valence-electron chi connectivity index (χ3n) is 5.24. The van der Waals surface area contributed by atoms with E-state index in [0.29, 0.717) is 24.0 Å². The average molecular weight is 336 g/mol. The number of amides is 1. The van der Waals surface area contributed by atoms with E-state index in [9.17, 15) is 4.79 Å². The van der Waals surface area contributed by atoms with Crippen molar-refractivity contribution in [3.8, 4) is 5.75 Å². The van der Waals surface area contributed by atoms with Crippen molar-refractivity contribution in [2.45, 2.75) is 25.9 Å². The second-order valence-corrected chi connectivity index (χ2v) is 6.78. The van der Waals surface area contributed by atoms with E-state index in [0.717, 1.165) is 32.6 Å². The Bertz CT molecular complexity index is 768. The van der Waals surface area contributed by atoms with Crippen LogP contribution in [0.1, 0.15) is 28.4 Å². The Morgan fingerprint density at radius 1 is 1.08 bits per heavy atom. The van der Waals surface area contributed by atoms with E-state index in [2.05, 4.69) is 29.2 Å². The topological polar surface area (TPSA) is 32.8 Å². The maximum Gasteiger partial charge on any atom is 0.257 e. The molecule has 1 amide bonds. The van der Waals surface area contributed by atoms with Crippen LogP contribution in [0.15, 0.2) is 48.5 Å². The summed E-state index contributed by atoms with van der Waals surface area (Å²) in [6.07, 6.45) is 1.10. The number of carbonyl (C=O) groups is 1. The average Bonchev–Trinajstić information content (AvgIpc) is 2.61. The molecule has 0 aliphatic carbocycles. The number of hydrogen-bond donors (Lipinski definition) is 0. The van der Waals surface area contributed by atoms with Gasteiger partial charge in [-0.3, -0.25) is 9.69 Å². The first-order valence-electron chi connectivity index (χ1n) is 9.08. The van der Waals surface area contributed by atoms with Gasteiger partial charge in [-0.1, -0.05) is 36.4 Å². The van der Waals surface area contributed by atoms with Gasteiger partial charge >= 0.3 is 0 Å². The van der Waals surface area contributed by atoms with Crippen molar-refractivity contribution < 1.29 is 9.53 Å². The van der Waals surface area contributed by atoms with Gasteiger partial charge in [0.25, 0.3) is 5.91 Å². The van der Waals surface area contributed by atoms with Crippen molar-refractivity contribution >= 4 is 5.91 Å². The molecule has 2 aromatic carbocycles. The predicted molar refractivity (Wildman–Crippen MR) is 97.9 cm³/mol. The Hall–Kier alpha value is -2.33. The first-order valence-corrected chi connectivity index (χ1v) is 9.08. The normalized spacial score (nSPS) is 17.7. The molecule has 0 saturated carbocycles. The van der Waals surface area contributed by atoms with Gasteiger partial charge in [-0.25, -0.2) is 0 Å². The van der Waals surface area contributed by atoms with Gasteiger partial charge in [-0.15, -0.1) is 0 Å². The molecule has 1 fully saturated rings. The summed E-state index contributed by atoms with van der Waals surface area (Å²) in [5.74, 6) is 0.767. The maximum atomic E-state index is 12.8. The van der Waals surface area contributed by atoms with E-state index >= 15 is 0 Å². The van der Waals surface area contributed by atoms with E-state index in [1.165, 1.54) is 11.1 Å². The highest BCUT2D eigenvalue weighted by Gasteiger charge is 2.36. The summed E-state index contributed by atoms with van der Waals surface area (Å²) in [5.41, 5.74) is 3.57. The molecule has 2 heterocycles. The van der Waals surface area contributed by atoms with Crippen molar-refractivity contribution in [3.63, 3.8) is 0 Å². The van der Waals surface area contributed by atoms with Crippen LogP contribution in [0.4, 0.5) is 0 Å². The SMILES string of the molecule is CCOc1ccccc1C(=O)N1CC(N2CCc3ccccc3C2)C1. The summed E-state index contributed by atoms with van der Waals surface area (Å²) in [6, 6.07) is 16.7. The van der Waals surface area contributed by atoms with Crippen molar-refractivity contribution in [1.29, 1.82) is 0 Å². The lowest BCUT2D eigenvalue weighted by molar-refractivity contribution is 0.0216. The standard InChI is InChI=1S/C21H24N2O2/c1-2-25-20-10-6-5-9-19(20)21(24)23-14-18(15-23)22-12-11-16-7-3-4-8-17(16)13-22/h3-10,18H,2,11-15H2,1H3. The van der Waals surface area contributed by atoms with Gasteiger partial charge in [0.2, 0.25) is 0 Å². The van der Waals surface area contributed by atoms with E-state index in [1.54, 1.807) is 0 Å². The predicted octanol–water partition coefficient (Wildman–Crippen LogP) is 2.97. The number of rotatable bonds is 4. The highest BCUT2D eigenvalue weighted by Crippen LogP contribution is 2.27. The molecular formula is C21H24N2O2. The van der Waals surface area contributed by atoms with Crippen molar-refractivity contribution in [3.05, 3.63) is 65.2 Å². The monoisotopic (exact) mass is 336 g/mol. The number of fused-ring (bicyclic) bond motifs is 1. The lowest BCUT2D eigenvalue weighted by Crippen LogP contribution is -2.61. The number of benzene rings is 2. The first-order chi connectivity index (χ1) is 12.3. The van der Waals surface area contributed by atoms with Crippen LogP contribution in [0.5, 0.6) is 5.75 Å². The Kier molecular flexibility index (Phi) is 4.45. The molecular weight excluding hydrogens is 312 g/mol. The molecule has 4 heteroatoms. The van der Waals surface area contributed by atoms with Gasteiger partial charge in [-0.2, -0.15) is 0 Å². The zero-order valence-corrected chi connectivity index (χ0v) is 14.6. The highest BCUT2D eigenvalue weighted by molar-refractivity contribution is 5.97. The number of ether oxygens (including phenoxy) is 1. The molecule has 0 spiro atoms. The van der Waals surface area contributed by atoms with Crippen LogP contribution in [0, 0.1) is 0 Å². The Balaban J connectivity index is 1.39. The van der Waals surface area contributed by atoms with E-state index in [4.69, 9.17) is 4.74 Å². The summed E-state index contributed by atoms with van der Waals surface area (Å²) in [7, 11) is 0. The van der Waals surface area contributed by atoms with Gasteiger partial charge in [0.05, 0.1) is 12.2 Å². The number of para-hydroxylation sites is 1. The minimum absolute atomic E-state index is 0.0812. The zero-order valence-electron chi connectivity index (χ0n) is 14.6. The number of likely N-dealkylation sites (tertiary alicyclic amines) is 1. The Labute approximate surface area is 149 Å². The van der Waals surface area contributed by atoms with Gasteiger partial charge in [0.15, 0.2) is 0 Å². The lowest BCUT2D eigenvalue weighted by Gasteiger charge is -2.47. The molecule has 0 aromatic heterocycles. The molecule has 130 valence electrons. The third kappa shape index (κ3) is 3.14. The molecule has 4 rings (SSSR count). The number of carbonyl (C=O) groups excluding carboxylic acids is 1. The van der Waals surface area contributed by atoms with E-state index < -0.39 is 0 Å². The molecule has 2 aliphatic heterocycles. The Morgan fingerprint density at radius 2 is 1.80 bits per heavy atom. The van der Waals surface area contributed by atoms with Crippen molar-refractivity contribution in [2.75, 3.05) is 26.2 Å². The lowest BCUT2D eigenvalue weighted by atomic mass is 9.96. The van der Waals surface area contributed by atoms with Gasteiger partial charge in [-0.05, 0) is 36.6 Å². The van der Waals surface area contributed by atoms with Crippen LogP contribution in [0.25, 0.3) is 0 Å².